The van der Waals surface area contributed by atoms with Gasteiger partial charge in [-0.2, -0.15) is 0 Å². The molecule has 2 aliphatic carbocycles. The number of aliphatic hydroxyl groups excluding tert-OH is 1. The predicted octanol–water partition coefficient (Wildman–Crippen LogP) is 3.04. The van der Waals surface area contributed by atoms with Gasteiger partial charge in [0.2, 0.25) is 5.91 Å². The highest BCUT2D eigenvalue weighted by Crippen LogP contribution is 2.44. The molecule has 180 valence electrons. The van der Waals surface area contributed by atoms with Crippen LogP contribution in [0.1, 0.15) is 49.1 Å². The molecule has 1 unspecified atom stereocenters. The normalized spacial score (nSPS) is 20.0. The summed E-state index contributed by atoms with van der Waals surface area (Å²) in [5.74, 6) is -1.89. The van der Waals surface area contributed by atoms with E-state index in [9.17, 15) is 14.4 Å². The van der Waals surface area contributed by atoms with Crippen molar-refractivity contribution in [2.45, 2.75) is 50.1 Å². The van der Waals surface area contributed by atoms with Crippen LogP contribution in [0.15, 0.2) is 48.5 Å². The van der Waals surface area contributed by atoms with Crippen LogP contribution in [0.25, 0.3) is 11.1 Å². The van der Waals surface area contributed by atoms with Crippen molar-refractivity contribution in [3.05, 3.63) is 59.7 Å². The van der Waals surface area contributed by atoms with Gasteiger partial charge in [-0.05, 0) is 41.0 Å². The first kappa shape index (κ1) is 23.8. The summed E-state index contributed by atoms with van der Waals surface area (Å²) in [5.41, 5.74) is 4.60. The predicted molar refractivity (Wildman–Crippen MR) is 125 cm³/mol. The monoisotopic (exact) mass is 466 g/mol. The van der Waals surface area contributed by atoms with Crippen LogP contribution in [0.2, 0.25) is 0 Å². The Balaban J connectivity index is 1.35. The molecule has 34 heavy (non-hydrogen) atoms. The van der Waals surface area contributed by atoms with Crippen LogP contribution in [0.5, 0.6) is 0 Å². The number of hydrogen-bond acceptors (Lipinski definition) is 5. The number of carbonyl (C=O) groups excluding carboxylic acids is 2. The highest BCUT2D eigenvalue weighted by molar-refractivity contribution is 5.84. The number of nitrogens with one attached hydrogen (secondary N) is 2. The van der Waals surface area contributed by atoms with Crippen LogP contribution in [0, 0.1) is 5.92 Å². The summed E-state index contributed by atoms with van der Waals surface area (Å²) in [5, 5.41) is 23.4. The average molecular weight is 467 g/mol. The molecule has 0 saturated heterocycles. The average Bonchev–Trinajstić information content (AvgIpc) is 3.16. The number of carboxylic acid groups (broad SMARTS) is 1. The quantitative estimate of drug-likeness (QED) is 0.474. The van der Waals surface area contributed by atoms with Crippen molar-refractivity contribution in [3.63, 3.8) is 0 Å². The Hall–Kier alpha value is -3.39. The van der Waals surface area contributed by atoms with Gasteiger partial charge in [-0.25, -0.2) is 9.59 Å². The van der Waals surface area contributed by atoms with E-state index in [1.54, 1.807) is 0 Å². The van der Waals surface area contributed by atoms with Gasteiger partial charge in [-0.15, -0.1) is 0 Å². The molecule has 2 amide bonds. The Morgan fingerprint density at radius 3 is 2.21 bits per heavy atom. The molecule has 2 aliphatic rings. The maximum atomic E-state index is 12.7. The summed E-state index contributed by atoms with van der Waals surface area (Å²) in [4.78, 5) is 36.1. The minimum Gasteiger partial charge on any atom is -0.480 e. The molecule has 8 nitrogen and oxygen atoms in total. The molecule has 0 bridgehead atoms. The largest absolute Gasteiger partial charge is 0.480 e. The molecule has 4 N–H and O–H groups in total. The molecule has 8 heteroatoms. The van der Waals surface area contributed by atoms with Gasteiger partial charge in [0.1, 0.15) is 12.6 Å². The summed E-state index contributed by atoms with van der Waals surface area (Å²) < 4.78 is 5.65. The van der Waals surface area contributed by atoms with Gasteiger partial charge in [0.05, 0.1) is 6.61 Å². The molecule has 0 aromatic heterocycles. The van der Waals surface area contributed by atoms with Crippen molar-refractivity contribution in [3.8, 4) is 11.1 Å². The summed E-state index contributed by atoms with van der Waals surface area (Å²) in [6.07, 6.45) is 2.91. The molecule has 3 atom stereocenters. The first-order valence-corrected chi connectivity index (χ1v) is 11.7. The van der Waals surface area contributed by atoms with E-state index >= 15 is 0 Å². The second kappa shape index (κ2) is 10.7. The molecule has 0 spiro atoms. The van der Waals surface area contributed by atoms with Crippen molar-refractivity contribution in [1.82, 2.24) is 10.6 Å². The number of carbonyl (C=O) groups is 3. The Kier molecular flexibility index (Phi) is 7.47. The van der Waals surface area contributed by atoms with Gasteiger partial charge in [-0.3, -0.25) is 4.79 Å². The van der Waals surface area contributed by atoms with Crippen molar-refractivity contribution < 1.29 is 29.3 Å². The number of hydrogen-bond donors (Lipinski definition) is 4. The van der Waals surface area contributed by atoms with E-state index in [0.717, 1.165) is 47.9 Å². The lowest BCUT2D eigenvalue weighted by Crippen LogP contribution is -2.47. The van der Waals surface area contributed by atoms with Gasteiger partial charge < -0.3 is 25.6 Å². The maximum absolute atomic E-state index is 12.7. The van der Waals surface area contributed by atoms with Crippen LogP contribution >= 0.6 is 0 Å². The summed E-state index contributed by atoms with van der Waals surface area (Å²) in [6.45, 7) is -0.457. The number of amides is 2. The number of ether oxygens (including phenoxy) is 1. The molecule has 4 rings (SSSR count). The lowest BCUT2D eigenvalue weighted by molar-refractivity contribution is -0.143. The standard InChI is InChI=1S/C26H30N2O6/c29-14-23(25(31)32)27-24(30)13-16-7-1-6-12-22(16)28-26(33)34-15-21-19-10-4-2-8-17(19)18-9-3-5-11-20(18)21/h2-5,8-11,16,21-23,29H,1,6-7,12-15H2,(H,27,30)(H,28,33)(H,31,32)/t16-,22-,23?/m0/s1. The second-order valence-corrected chi connectivity index (χ2v) is 8.97. The van der Waals surface area contributed by atoms with Gasteiger partial charge in [-0.1, -0.05) is 61.4 Å². The second-order valence-electron chi connectivity index (χ2n) is 8.97. The fourth-order valence-electron chi connectivity index (χ4n) is 5.11. The van der Waals surface area contributed by atoms with Crippen molar-refractivity contribution in [2.75, 3.05) is 13.2 Å². The highest BCUT2D eigenvalue weighted by Gasteiger charge is 2.32. The minimum atomic E-state index is -1.33. The highest BCUT2D eigenvalue weighted by atomic mass is 16.5. The first-order valence-electron chi connectivity index (χ1n) is 11.7. The van der Waals surface area contributed by atoms with E-state index in [0.29, 0.717) is 0 Å². The van der Waals surface area contributed by atoms with Crippen LogP contribution in [-0.2, 0) is 14.3 Å². The van der Waals surface area contributed by atoms with E-state index in [4.69, 9.17) is 14.9 Å². The number of benzene rings is 2. The molecule has 0 heterocycles. The number of carboxylic acids is 1. The number of aliphatic hydroxyl groups is 1. The zero-order valence-corrected chi connectivity index (χ0v) is 18.9. The Labute approximate surface area is 198 Å². The van der Waals surface area contributed by atoms with Crippen LogP contribution < -0.4 is 10.6 Å². The zero-order valence-electron chi connectivity index (χ0n) is 18.9. The molecule has 1 saturated carbocycles. The zero-order chi connectivity index (χ0) is 24.1. The topological polar surface area (TPSA) is 125 Å². The lowest BCUT2D eigenvalue weighted by Gasteiger charge is -2.32. The third kappa shape index (κ3) is 5.22. The fourth-order valence-corrected chi connectivity index (χ4v) is 5.11. The molecule has 1 fully saturated rings. The third-order valence-corrected chi connectivity index (χ3v) is 6.82. The van der Waals surface area contributed by atoms with Crippen molar-refractivity contribution in [2.24, 2.45) is 5.92 Å². The number of rotatable bonds is 8. The SMILES string of the molecule is O=C(C[C@@H]1CCCC[C@@H]1NC(=O)OCC1c2ccccc2-c2ccccc21)NC(CO)C(=O)O. The fraction of sp³-hybridized carbons (Fsp3) is 0.423. The smallest absolute Gasteiger partial charge is 0.407 e. The van der Waals surface area contributed by atoms with Crippen LogP contribution in [0.4, 0.5) is 4.79 Å². The van der Waals surface area contributed by atoms with Gasteiger partial charge in [0, 0.05) is 18.4 Å². The molecular formula is C26H30N2O6. The molecule has 0 radical (unpaired) electrons. The van der Waals surface area contributed by atoms with Crippen LogP contribution in [-0.4, -0.2) is 53.5 Å². The Bertz CT molecular complexity index is 1010. The maximum Gasteiger partial charge on any atom is 0.407 e. The van der Waals surface area contributed by atoms with E-state index in [1.165, 1.54) is 0 Å². The van der Waals surface area contributed by atoms with Gasteiger partial charge in [0.15, 0.2) is 0 Å². The Morgan fingerprint density at radius 2 is 1.59 bits per heavy atom. The minimum absolute atomic E-state index is 0.0301. The Morgan fingerprint density at radius 1 is 0.971 bits per heavy atom. The van der Waals surface area contributed by atoms with Crippen molar-refractivity contribution in [1.29, 1.82) is 0 Å². The molecular weight excluding hydrogens is 436 g/mol. The number of fused-ring (bicyclic) bond motifs is 3. The van der Waals surface area contributed by atoms with E-state index in [2.05, 4.69) is 34.9 Å². The van der Waals surface area contributed by atoms with Crippen molar-refractivity contribution >= 4 is 18.0 Å². The first-order chi connectivity index (χ1) is 16.5. The van der Waals surface area contributed by atoms with Gasteiger partial charge >= 0.3 is 12.1 Å². The van der Waals surface area contributed by atoms with Crippen LogP contribution in [0.3, 0.4) is 0 Å². The van der Waals surface area contributed by atoms with Gasteiger partial charge in [0.25, 0.3) is 0 Å². The summed E-state index contributed by atoms with van der Waals surface area (Å²) in [7, 11) is 0. The third-order valence-electron chi connectivity index (χ3n) is 6.82. The number of aliphatic carboxylic acids is 1. The van der Waals surface area contributed by atoms with E-state index < -0.39 is 30.6 Å². The summed E-state index contributed by atoms with van der Waals surface area (Å²) in [6, 6.07) is 14.7. The van der Waals surface area contributed by atoms with E-state index in [1.807, 2.05) is 24.3 Å². The molecule has 0 aliphatic heterocycles. The number of alkyl carbamates (subject to hydrolysis) is 1. The lowest BCUT2D eigenvalue weighted by atomic mass is 9.82. The molecule has 2 aromatic rings. The summed E-state index contributed by atoms with van der Waals surface area (Å²) >= 11 is 0. The molecule has 2 aromatic carbocycles. The van der Waals surface area contributed by atoms with E-state index in [-0.39, 0.29) is 30.9 Å².